The van der Waals surface area contributed by atoms with Crippen LogP contribution in [0.5, 0.6) is 0 Å². The van der Waals surface area contributed by atoms with E-state index >= 15 is 0 Å². The number of nitrogens with two attached hydrogens (primary N) is 1. The number of rotatable bonds is 3. The predicted octanol–water partition coefficient (Wildman–Crippen LogP) is 1.37. The molecule has 2 N–H and O–H groups in total. The molecule has 1 aromatic carbocycles. The van der Waals surface area contributed by atoms with E-state index in [4.69, 9.17) is 22.6 Å². The van der Waals surface area contributed by atoms with Gasteiger partial charge < -0.3 is 5.73 Å². The molecule has 0 radical (unpaired) electrons. The van der Waals surface area contributed by atoms with E-state index in [9.17, 15) is 4.79 Å². The highest BCUT2D eigenvalue weighted by Crippen LogP contribution is 2.17. The molecule has 0 spiro atoms. The molecular formula is C10H9ClN2O. The molecule has 3 nitrogen and oxygen atoms in total. The van der Waals surface area contributed by atoms with E-state index in [0.29, 0.717) is 5.56 Å². The van der Waals surface area contributed by atoms with Crippen molar-refractivity contribution >= 4 is 17.5 Å². The standard InChI is InChI=1S/C10H9ClN2O/c11-5-9(10(13)14)8-3-1-7(6-12)2-4-8/h1-4,9H,5H2,(H2,13,14). The van der Waals surface area contributed by atoms with Crippen molar-refractivity contribution in [3.63, 3.8) is 0 Å². The third kappa shape index (κ3) is 2.24. The maximum atomic E-state index is 11.0. The number of benzene rings is 1. The Bertz CT molecular complexity index is 367. The highest BCUT2D eigenvalue weighted by atomic mass is 35.5. The number of nitriles is 1. The van der Waals surface area contributed by atoms with Crippen LogP contribution in [-0.4, -0.2) is 11.8 Å². The lowest BCUT2D eigenvalue weighted by atomic mass is 9.99. The average Bonchev–Trinajstić information content (AvgIpc) is 2.19. The van der Waals surface area contributed by atoms with Gasteiger partial charge >= 0.3 is 0 Å². The molecule has 1 atom stereocenters. The van der Waals surface area contributed by atoms with Gasteiger partial charge in [-0.1, -0.05) is 12.1 Å². The summed E-state index contributed by atoms with van der Waals surface area (Å²) in [4.78, 5) is 11.0. The van der Waals surface area contributed by atoms with E-state index < -0.39 is 11.8 Å². The molecule has 0 heterocycles. The van der Waals surface area contributed by atoms with Crippen molar-refractivity contribution in [1.29, 1.82) is 5.26 Å². The Morgan fingerprint density at radius 3 is 2.43 bits per heavy atom. The number of primary amides is 1. The molecule has 0 saturated carbocycles. The summed E-state index contributed by atoms with van der Waals surface area (Å²) >= 11 is 5.60. The number of nitrogens with zero attached hydrogens (tertiary/aromatic N) is 1. The van der Waals surface area contributed by atoms with Crippen LogP contribution < -0.4 is 5.73 Å². The zero-order valence-electron chi connectivity index (χ0n) is 7.40. The Hall–Kier alpha value is -1.53. The van der Waals surface area contributed by atoms with E-state index in [1.807, 2.05) is 6.07 Å². The van der Waals surface area contributed by atoms with Crippen molar-refractivity contribution < 1.29 is 4.79 Å². The Labute approximate surface area is 87.1 Å². The van der Waals surface area contributed by atoms with Crippen molar-refractivity contribution in [3.8, 4) is 6.07 Å². The SMILES string of the molecule is N#Cc1ccc(C(CCl)C(N)=O)cc1. The second-order valence-corrected chi connectivity index (χ2v) is 3.15. The van der Waals surface area contributed by atoms with E-state index in [1.54, 1.807) is 24.3 Å². The van der Waals surface area contributed by atoms with Crippen LogP contribution in [0.1, 0.15) is 17.0 Å². The number of halogens is 1. The van der Waals surface area contributed by atoms with E-state index in [-0.39, 0.29) is 5.88 Å². The first-order valence-corrected chi connectivity index (χ1v) is 4.58. The highest BCUT2D eigenvalue weighted by molar-refractivity contribution is 6.20. The minimum atomic E-state index is -0.482. The summed E-state index contributed by atoms with van der Waals surface area (Å²) in [6, 6.07) is 8.65. The molecule has 0 aliphatic rings. The maximum absolute atomic E-state index is 11.0. The quantitative estimate of drug-likeness (QED) is 0.763. The first-order chi connectivity index (χ1) is 6.69. The van der Waals surface area contributed by atoms with Crippen LogP contribution >= 0.6 is 11.6 Å². The summed E-state index contributed by atoms with van der Waals surface area (Å²) in [5.41, 5.74) is 6.45. The summed E-state index contributed by atoms with van der Waals surface area (Å²) < 4.78 is 0. The number of alkyl halides is 1. The van der Waals surface area contributed by atoms with Crippen LogP contribution in [0.15, 0.2) is 24.3 Å². The molecular weight excluding hydrogens is 200 g/mol. The lowest BCUT2D eigenvalue weighted by Gasteiger charge is -2.09. The van der Waals surface area contributed by atoms with Crippen LogP contribution in [0.2, 0.25) is 0 Å². The number of hydrogen-bond donors (Lipinski definition) is 1. The fraction of sp³-hybridized carbons (Fsp3) is 0.200. The van der Waals surface area contributed by atoms with Crippen LogP contribution in [0.4, 0.5) is 0 Å². The van der Waals surface area contributed by atoms with Crippen molar-refractivity contribution in [1.82, 2.24) is 0 Å². The van der Waals surface area contributed by atoms with Crippen LogP contribution in [0, 0.1) is 11.3 Å². The van der Waals surface area contributed by atoms with Gasteiger partial charge in [-0.05, 0) is 17.7 Å². The first-order valence-electron chi connectivity index (χ1n) is 4.04. The minimum absolute atomic E-state index is 0.154. The van der Waals surface area contributed by atoms with Gasteiger partial charge in [-0.15, -0.1) is 11.6 Å². The molecule has 0 fully saturated rings. The van der Waals surface area contributed by atoms with E-state index in [1.165, 1.54) is 0 Å². The van der Waals surface area contributed by atoms with Gasteiger partial charge in [0.2, 0.25) is 5.91 Å². The molecule has 1 aromatic rings. The van der Waals surface area contributed by atoms with Crippen LogP contribution in [-0.2, 0) is 4.79 Å². The maximum Gasteiger partial charge on any atom is 0.226 e. The molecule has 14 heavy (non-hydrogen) atoms. The van der Waals surface area contributed by atoms with E-state index in [0.717, 1.165) is 5.56 Å². The van der Waals surface area contributed by atoms with Crippen LogP contribution in [0.3, 0.4) is 0 Å². The normalized spacial score (nSPS) is 11.7. The van der Waals surface area contributed by atoms with Gasteiger partial charge in [-0.3, -0.25) is 4.79 Å². The van der Waals surface area contributed by atoms with E-state index in [2.05, 4.69) is 0 Å². The summed E-state index contributed by atoms with van der Waals surface area (Å²) in [6.07, 6.45) is 0. The monoisotopic (exact) mass is 208 g/mol. The zero-order valence-corrected chi connectivity index (χ0v) is 8.16. The summed E-state index contributed by atoms with van der Waals surface area (Å²) in [5.74, 6) is -0.782. The molecule has 1 rings (SSSR count). The first kappa shape index (κ1) is 10.6. The molecule has 1 unspecified atom stereocenters. The lowest BCUT2D eigenvalue weighted by molar-refractivity contribution is -0.119. The molecule has 0 aromatic heterocycles. The third-order valence-electron chi connectivity index (χ3n) is 1.94. The number of amides is 1. The fourth-order valence-electron chi connectivity index (χ4n) is 1.12. The fourth-order valence-corrected chi connectivity index (χ4v) is 1.45. The van der Waals surface area contributed by atoms with Crippen molar-refractivity contribution in [2.24, 2.45) is 5.73 Å². The largest absolute Gasteiger partial charge is 0.369 e. The van der Waals surface area contributed by atoms with Crippen molar-refractivity contribution in [2.75, 3.05) is 5.88 Å². The van der Waals surface area contributed by atoms with Gasteiger partial charge in [-0.25, -0.2) is 0 Å². The molecule has 0 saturated heterocycles. The Balaban J connectivity index is 2.96. The lowest BCUT2D eigenvalue weighted by Crippen LogP contribution is -2.22. The molecule has 0 aliphatic carbocycles. The Morgan fingerprint density at radius 2 is 2.07 bits per heavy atom. The molecule has 4 heteroatoms. The van der Waals surface area contributed by atoms with Crippen LogP contribution in [0.25, 0.3) is 0 Å². The number of hydrogen-bond acceptors (Lipinski definition) is 2. The number of carbonyl (C=O) groups excluding carboxylic acids is 1. The zero-order chi connectivity index (χ0) is 10.6. The second kappa shape index (κ2) is 4.64. The Morgan fingerprint density at radius 1 is 1.50 bits per heavy atom. The van der Waals surface area contributed by atoms with Gasteiger partial charge in [0.05, 0.1) is 17.6 Å². The van der Waals surface area contributed by atoms with Gasteiger partial charge in [0, 0.05) is 5.88 Å². The minimum Gasteiger partial charge on any atom is -0.369 e. The summed E-state index contributed by atoms with van der Waals surface area (Å²) in [6.45, 7) is 0. The van der Waals surface area contributed by atoms with Gasteiger partial charge in [0.15, 0.2) is 0 Å². The van der Waals surface area contributed by atoms with Gasteiger partial charge in [0.1, 0.15) is 0 Å². The second-order valence-electron chi connectivity index (χ2n) is 2.84. The van der Waals surface area contributed by atoms with Crippen molar-refractivity contribution in [3.05, 3.63) is 35.4 Å². The number of carbonyl (C=O) groups is 1. The molecule has 1 amide bonds. The van der Waals surface area contributed by atoms with Crippen molar-refractivity contribution in [2.45, 2.75) is 5.92 Å². The summed E-state index contributed by atoms with van der Waals surface area (Å²) in [5, 5.41) is 8.57. The third-order valence-corrected chi connectivity index (χ3v) is 2.25. The smallest absolute Gasteiger partial charge is 0.226 e. The van der Waals surface area contributed by atoms with Gasteiger partial charge in [0.25, 0.3) is 0 Å². The highest BCUT2D eigenvalue weighted by Gasteiger charge is 2.15. The molecule has 0 bridgehead atoms. The van der Waals surface area contributed by atoms with Gasteiger partial charge in [-0.2, -0.15) is 5.26 Å². The summed E-state index contributed by atoms with van der Waals surface area (Å²) in [7, 11) is 0. The Kier molecular flexibility index (Phi) is 3.49. The molecule has 0 aliphatic heterocycles. The topological polar surface area (TPSA) is 66.9 Å². The predicted molar refractivity (Wildman–Crippen MR) is 53.8 cm³/mol. The molecule has 72 valence electrons. The average molecular weight is 209 g/mol.